The Bertz CT molecular complexity index is 595. The summed E-state index contributed by atoms with van der Waals surface area (Å²) in [6, 6.07) is 7.63. The molecule has 0 bridgehead atoms. The van der Waals surface area contributed by atoms with Crippen molar-refractivity contribution in [2.75, 3.05) is 10.7 Å². The molecule has 0 aliphatic heterocycles. The van der Waals surface area contributed by atoms with Crippen molar-refractivity contribution < 1.29 is 0 Å². The Morgan fingerprint density at radius 1 is 1.10 bits per heavy atom. The predicted molar refractivity (Wildman–Crippen MR) is 89.1 cm³/mol. The van der Waals surface area contributed by atoms with Gasteiger partial charge in [-0.15, -0.1) is 0 Å². The Labute approximate surface area is 134 Å². The van der Waals surface area contributed by atoms with Crippen LogP contribution in [0, 0.1) is 0 Å². The molecular weight excluding hydrogens is 386 g/mol. The molecule has 20 heavy (non-hydrogen) atoms. The zero-order chi connectivity index (χ0) is 14.7. The molecule has 0 fully saturated rings. The zero-order valence-corrected chi connectivity index (χ0v) is 14.3. The fourth-order valence-corrected chi connectivity index (χ4v) is 2.80. The van der Waals surface area contributed by atoms with Gasteiger partial charge < -0.3 is 10.7 Å². The summed E-state index contributed by atoms with van der Waals surface area (Å²) in [5.74, 6) is 7.66. The summed E-state index contributed by atoms with van der Waals surface area (Å²) in [4.78, 5) is 8.83. The topological polar surface area (TPSA) is 75.9 Å². The average molecular weight is 401 g/mol. The van der Waals surface area contributed by atoms with Crippen LogP contribution in [-0.2, 0) is 0 Å². The Balaban J connectivity index is 2.40. The number of aromatic nitrogens is 2. The first kappa shape index (κ1) is 15.2. The summed E-state index contributed by atoms with van der Waals surface area (Å²) in [7, 11) is 0. The minimum atomic E-state index is 0.214. The number of nitrogens with zero attached hydrogens (tertiary/aromatic N) is 2. The Morgan fingerprint density at radius 2 is 1.70 bits per heavy atom. The van der Waals surface area contributed by atoms with Crippen LogP contribution in [0.25, 0.3) is 0 Å². The Morgan fingerprint density at radius 3 is 2.25 bits per heavy atom. The van der Waals surface area contributed by atoms with Crippen LogP contribution >= 0.6 is 31.9 Å². The van der Waals surface area contributed by atoms with Gasteiger partial charge in [0.25, 0.3) is 0 Å². The number of nitrogens with one attached hydrogen (secondary N) is 2. The molecule has 7 heteroatoms. The number of para-hydroxylation sites is 1. The van der Waals surface area contributed by atoms with Crippen LogP contribution in [0.4, 0.5) is 17.3 Å². The van der Waals surface area contributed by atoms with Crippen molar-refractivity contribution in [1.29, 1.82) is 0 Å². The van der Waals surface area contributed by atoms with Crippen LogP contribution in [0.2, 0.25) is 0 Å². The van der Waals surface area contributed by atoms with Crippen LogP contribution in [0.3, 0.4) is 0 Å². The maximum absolute atomic E-state index is 5.45. The average Bonchev–Trinajstić information content (AvgIpc) is 2.42. The van der Waals surface area contributed by atoms with E-state index in [2.05, 4.69) is 52.6 Å². The first-order chi connectivity index (χ1) is 9.51. The number of hydrazine groups is 1. The highest BCUT2D eigenvalue weighted by molar-refractivity contribution is 9.11. The van der Waals surface area contributed by atoms with Crippen molar-refractivity contribution in [2.45, 2.75) is 19.8 Å². The maximum atomic E-state index is 5.45. The van der Waals surface area contributed by atoms with Gasteiger partial charge in [-0.05, 0) is 44.0 Å². The van der Waals surface area contributed by atoms with E-state index in [4.69, 9.17) is 5.84 Å². The highest BCUT2D eigenvalue weighted by atomic mass is 79.9. The molecule has 0 unspecified atom stereocenters. The van der Waals surface area contributed by atoms with Crippen LogP contribution in [0.15, 0.2) is 33.2 Å². The van der Waals surface area contributed by atoms with E-state index >= 15 is 0 Å². The summed E-state index contributed by atoms with van der Waals surface area (Å²) in [5, 5.41) is 3.27. The lowest BCUT2D eigenvalue weighted by Crippen LogP contribution is -2.12. The number of hydrogen-bond donors (Lipinski definition) is 3. The number of anilines is 3. The smallest absolute Gasteiger partial charge is 0.145 e. The molecule has 0 aliphatic rings. The first-order valence-electron chi connectivity index (χ1n) is 6.08. The zero-order valence-electron chi connectivity index (χ0n) is 11.1. The third kappa shape index (κ3) is 3.47. The first-order valence-corrected chi connectivity index (χ1v) is 7.66. The highest BCUT2D eigenvalue weighted by Crippen LogP contribution is 2.33. The lowest BCUT2D eigenvalue weighted by Gasteiger charge is -2.13. The molecule has 1 aromatic carbocycles. The summed E-state index contributed by atoms with van der Waals surface area (Å²) >= 11 is 7.02. The van der Waals surface area contributed by atoms with Crippen molar-refractivity contribution >= 4 is 49.2 Å². The molecule has 0 amide bonds. The van der Waals surface area contributed by atoms with Crippen molar-refractivity contribution in [3.8, 4) is 0 Å². The van der Waals surface area contributed by atoms with Crippen molar-refractivity contribution in [3.63, 3.8) is 0 Å². The second kappa shape index (κ2) is 6.51. The van der Waals surface area contributed by atoms with Gasteiger partial charge in [-0.25, -0.2) is 15.8 Å². The lowest BCUT2D eigenvalue weighted by molar-refractivity contribution is 0.777. The van der Waals surface area contributed by atoms with Gasteiger partial charge in [0.15, 0.2) is 0 Å². The summed E-state index contributed by atoms with van der Waals surface area (Å²) in [6.07, 6.45) is 0. The van der Waals surface area contributed by atoms with Gasteiger partial charge >= 0.3 is 0 Å². The minimum absolute atomic E-state index is 0.214. The van der Waals surface area contributed by atoms with Gasteiger partial charge in [-0.1, -0.05) is 19.9 Å². The van der Waals surface area contributed by atoms with E-state index in [1.807, 2.05) is 32.0 Å². The Hall–Kier alpha value is -1.18. The van der Waals surface area contributed by atoms with Crippen LogP contribution in [0.5, 0.6) is 0 Å². The molecule has 2 rings (SSSR count). The number of rotatable bonds is 4. The molecule has 1 aromatic heterocycles. The van der Waals surface area contributed by atoms with E-state index in [1.165, 1.54) is 0 Å². The third-order valence-corrected chi connectivity index (χ3v) is 3.95. The molecule has 2 aromatic rings. The molecular formula is C13H15Br2N5. The fraction of sp³-hybridized carbons (Fsp3) is 0.231. The summed E-state index contributed by atoms with van der Waals surface area (Å²) < 4.78 is 1.89. The third-order valence-electron chi connectivity index (χ3n) is 2.62. The molecule has 0 spiro atoms. The molecule has 4 N–H and O–H groups in total. The van der Waals surface area contributed by atoms with E-state index < -0.39 is 0 Å². The molecule has 1 heterocycles. The number of nitrogens with two attached hydrogens (primary N) is 1. The molecule has 0 radical (unpaired) electrons. The van der Waals surface area contributed by atoms with E-state index in [9.17, 15) is 0 Å². The largest absolute Gasteiger partial charge is 0.338 e. The molecule has 0 atom stereocenters. The SMILES string of the molecule is CC(C)c1nc(NN)cc(Nc2c(Br)cccc2Br)n1. The van der Waals surface area contributed by atoms with Gasteiger partial charge in [-0.3, -0.25) is 0 Å². The second-order valence-corrected chi connectivity index (χ2v) is 6.23. The van der Waals surface area contributed by atoms with Gasteiger partial charge in [0.2, 0.25) is 0 Å². The summed E-state index contributed by atoms with van der Waals surface area (Å²) in [5.41, 5.74) is 3.47. The number of benzene rings is 1. The highest BCUT2D eigenvalue weighted by Gasteiger charge is 2.10. The Kier molecular flexibility index (Phi) is 4.95. The van der Waals surface area contributed by atoms with E-state index in [0.717, 1.165) is 20.5 Å². The van der Waals surface area contributed by atoms with Gasteiger partial charge in [0.05, 0.1) is 5.69 Å². The van der Waals surface area contributed by atoms with Crippen LogP contribution in [-0.4, -0.2) is 9.97 Å². The standard InChI is InChI=1S/C13H15Br2N5/c1-7(2)13-18-10(6-11(19-13)20-16)17-12-8(14)4-3-5-9(12)15/h3-7H,16H2,1-2H3,(H2,17,18,19,20). The molecule has 0 aliphatic carbocycles. The fourth-order valence-electron chi connectivity index (χ4n) is 1.61. The molecule has 0 saturated carbocycles. The quantitative estimate of drug-likeness (QED) is 0.530. The number of hydrogen-bond acceptors (Lipinski definition) is 5. The predicted octanol–water partition coefficient (Wildman–Crippen LogP) is 4.15. The monoisotopic (exact) mass is 399 g/mol. The van der Waals surface area contributed by atoms with Gasteiger partial charge in [-0.2, -0.15) is 0 Å². The van der Waals surface area contributed by atoms with E-state index in [-0.39, 0.29) is 5.92 Å². The molecule has 0 saturated heterocycles. The van der Waals surface area contributed by atoms with Crippen molar-refractivity contribution in [1.82, 2.24) is 9.97 Å². The van der Waals surface area contributed by atoms with E-state index in [0.29, 0.717) is 11.6 Å². The minimum Gasteiger partial charge on any atom is -0.338 e. The van der Waals surface area contributed by atoms with Crippen LogP contribution in [0.1, 0.15) is 25.6 Å². The number of nitrogen functional groups attached to an aromatic ring is 1. The maximum Gasteiger partial charge on any atom is 0.145 e. The lowest BCUT2D eigenvalue weighted by atomic mass is 10.2. The second-order valence-electron chi connectivity index (χ2n) is 4.52. The van der Waals surface area contributed by atoms with Crippen molar-refractivity contribution in [2.24, 2.45) is 5.84 Å². The van der Waals surface area contributed by atoms with Gasteiger partial charge in [0.1, 0.15) is 17.5 Å². The normalized spacial score (nSPS) is 10.7. The van der Waals surface area contributed by atoms with Crippen LogP contribution < -0.4 is 16.6 Å². The van der Waals surface area contributed by atoms with Gasteiger partial charge in [0, 0.05) is 20.9 Å². The van der Waals surface area contributed by atoms with E-state index in [1.54, 1.807) is 6.07 Å². The number of halogens is 2. The molecule has 106 valence electrons. The molecule has 5 nitrogen and oxygen atoms in total. The van der Waals surface area contributed by atoms with Crippen molar-refractivity contribution in [3.05, 3.63) is 39.0 Å². The summed E-state index contributed by atoms with van der Waals surface area (Å²) in [6.45, 7) is 4.07.